The van der Waals surface area contributed by atoms with Gasteiger partial charge >= 0.3 is 0 Å². The molecule has 1 rings (SSSR count). The van der Waals surface area contributed by atoms with E-state index >= 15 is 0 Å². The number of nitrogens with two attached hydrogens (primary N) is 1. The first-order chi connectivity index (χ1) is 7.16. The third-order valence-corrected chi connectivity index (χ3v) is 1.93. The van der Waals surface area contributed by atoms with Gasteiger partial charge in [0.15, 0.2) is 0 Å². The van der Waals surface area contributed by atoms with Crippen LogP contribution in [0.2, 0.25) is 0 Å². The van der Waals surface area contributed by atoms with Crippen molar-refractivity contribution < 1.29 is 9.50 Å². The van der Waals surface area contributed by atoms with Crippen molar-refractivity contribution in [1.29, 1.82) is 5.41 Å². The smallest absolute Gasteiger partial charge is 0.136 e. The first-order valence-electron chi connectivity index (χ1n) is 4.64. The van der Waals surface area contributed by atoms with Gasteiger partial charge in [0.1, 0.15) is 11.7 Å². The number of aliphatic hydroxyl groups is 1. The second-order valence-corrected chi connectivity index (χ2v) is 3.08. The van der Waals surface area contributed by atoms with Gasteiger partial charge in [-0.25, -0.2) is 4.39 Å². The van der Waals surface area contributed by atoms with Crippen LogP contribution in [-0.4, -0.2) is 24.1 Å². The summed E-state index contributed by atoms with van der Waals surface area (Å²) < 4.78 is 13.3. The van der Waals surface area contributed by atoms with Crippen LogP contribution in [0.15, 0.2) is 18.2 Å². The number of benzene rings is 1. The van der Waals surface area contributed by atoms with Gasteiger partial charge in [0.05, 0.1) is 5.56 Å². The Kier molecular flexibility index (Phi) is 6.44. The maximum absolute atomic E-state index is 13.3. The molecule has 0 aliphatic rings. The van der Waals surface area contributed by atoms with Crippen molar-refractivity contribution in [3.05, 3.63) is 29.6 Å². The Balaban J connectivity index is 0.00000225. The molecule has 0 fully saturated rings. The standard InChI is InChI=1S/C10H14FN3O.ClH/c11-7-3-1-4-8(9(7)10(12)13)14-5-2-6-15;/h1,3-4,14-15H,2,5-6H2,(H3,12,13);1H. The summed E-state index contributed by atoms with van der Waals surface area (Å²) in [6, 6.07) is 4.45. The zero-order chi connectivity index (χ0) is 11.3. The van der Waals surface area contributed by atoms with E-state index in [4.69, 9.17) is 16.2 Å². The molecule has 1 aromatic rings. The van der Waals surface area contributed by atoms with Crippen molar-refractivity contribution in [2.75, 3.05) is 18.5 Å². The second-order valence-electron chi connectivity index (χ2n) is 3.08. The van der Waals surface area contributed by atoms with E-state index in [0.29, 0.717) is 18.7 Å². The summed E-state index contributed by atoms with van der Waals surface area (Å²) in [5, 5.41) is 18.8. The lowest BCUT2D eigenvalue weighted by Crippen LogP contribution is -2.17. The molecule has 1 aromatic carbocycles. The van der Waals surface area contributed by atoms with Crippen LogP contribution >= 0.6 is 12.4 Å². The normalized spacial score (nSPS) is 9.38. The van der Waals surface area contributed by atoms with E-state index < -0.39 is 5.82 Å². The highest BCUT2D eigenvalue weighted by Crippen LogP contribution is 2.18. The molecule has 16 heavy (non-hydrogen) atoms. The third kappa shape index (κ3) is 3.67. The highest BCUT2D eigenvalue weighted by molar-refractivity contribution is 6.00. The van der Waals surface area contributed by atoms with E-state index in [1.165, 1.54) is 6.07 Å². The number of anilines is 1. The fraction of sp³-hybridized carbons (Fsp3) is 0.300. The van der Waals surface area contributed by atoms with Crippen LogP contribution in [0.4, 0.5) is 10.1 Å². The van der Waals surface area contributed by atoms with Gasteiger partial charge in [0, 0.05) is 18.8 Å². The zero-order valence-corrected chi connectivity index (χ0v) is 9.48. The Labute approximate surface area is 99.6 Å². The molecule has 0 radical (unpaired) electrons. The minimum absolute atomic E-state index is 0. The highest BCUT2D eigenvalue weighted by Gasteiger charge is 2.10. The van der Waals surface area contributed by atoms with Crippen molar-refractivity contribution in [3.8, 4) is 0 Å². The lowest BCUT2D eigenvalue weighted by atomic mass is 10.1. The summed E-state index contributed by atoms with van der Waals surface area (Å²) >= 11 is 0. The molecule has 0 unspecified atom stereocenters. The van der Waals surface area contributed by atoms with Gasteiger partial charge in [0.25, 0.3) is 0 Å². The summed E-state index contributed by atoms with van der Waals surface area (Å²) in [6.45, 7) is 0.581. The van der Waals surface area contributed by atoms with Gasteiger partial charge in [0.2, 0.25) is 0 Å². The van der Waals surface area contributed by atoms with E-state index in [-0.39, 0.29) is 30.4 Å². The first-order valence-corrected chi connectivity index (χ1v) is 4.64. The number of nitrogen functional groups attached to an aromatic ring is 1. The van der Waals surface area contributed by atoms with E-state index in [1.807, 2.05) is 0 Å². The molecule has 0 bridgehead atoms. The molecule has 0 saturated carbocycles. The second kappa shape index (κ2) is 7.03. The van der Waals surface area contributed by atoms with E-state index in [1.54, 1.807) is 12.1 Å². The van der Waals surface area contributed by atoms with Crippen molar-refractivity contribution in [1.82, 2.24) is 0 Å². The molecule has 90 valence electrons. The fourth-order valence-corrected chi connectivity index (χ4v) is 1.25. The number of aliphatic hydroxyl groups excluding tert-OH is 1. The molecule has 0 spiro atoms. The number of rotatable bonds is 5. The molecule has 0 aromatic heterocycles. The molecule has 5 N–H and O–H groups in total. The molecular formula is C10H15ClFN3O. The fourth-order valence-electron chi connectivity index (χ4n) is 1.25. The molecule has 0 saturated heterocycles. The van der Waals surface area contributed by atoms with Crippen molar-refractivity contribution >= 4 is 23.9 Å². The molecule has 0 heterocycles. The minimum atomic E-state index is -0.517. The summed E-state index contributed by atoms with van der Waals surface area (Å²) in [7, 11) is 0. The lowest BCUT2D eigenvalue weighted by Gasteiger charge is -2.11. The van der Waals surface area contributed by atoms with E-state index in [2.05, 4.69) is 5.32 Å². The average Bonchev–Trinajstić information content (AvgIpc) is 2.17. The van der Waals surface area contributed by atoms with Gasteiger partial charge in [-0.3, -0.25) is 5.41 Å². The molecule has 4 nitrogen and oxygen atoms in total. The molecule has 0 atom stereocenters. The molecule has 0 aliphatic heterocycles. The summed E-state index contributed by atoms with van der Waals surface area (Å²) in [4.78, 5) is 0. The summed E-state index contributed by atoms with van der Waals surface area (Å²) in [6.07, 6.45) is 0.563. The quantitative estimate of drug-likeness (QED) is 0.360. The summed E-state index contributed by atoms with van der Waals surface area (Å²) in [5.74, 6) is -0.823. The number of hydrogen-bond acceptors (Lipinski definition) is 3. The van der Waals surface area contributed by atoms with Gasteiger partial charge in [-0.1, -0.05) is 6.07 Å². The minimum Gasteiger partial charge on any atom is -0.396 e. The van der Waals surface area contributed by atoms with Gasteiger partial charge in [-0.2, -0.15) is 0 Å². The predicted octanol–water partition coefficient (Wildman–Crippen LogP) is 1.33. The van der Waals surface area contributed by atoms with Gasteiger partial charge in [-0.15, -0.1) is 12.4 Å². The van der Waals surface area contributed by atoms with Crippen LogP contribution in [0.25, 0.3) is 0 Å². The predicted molar refractivity (Wildman–Crippen MR) is 64.9 cm³/mol. The van der Waals surface area contributed by atoms with Crippen LogP contribution < -0.4 is 11.1 Å². The monoisotopic (exact) mass is 247 g/mol. The maximum atomic E-state index is 13.3. The van der Waals surface area contributed by atoms with Crippen LogP contribution in [0, 0.1) is 11.2 Å². The Morgan fingerprint density at radius 1 is 1.50 bits per heavy atom. The molecule has 6 heteroatoms. The molecule has 0 amide bonds. The van der Waals surface area contributed by atoms with Crippen LogP contribution in [0.5, 0.6) is 0 Å². The van der Waals surface area contributed by atoms with Crippen LogP contribution in [-0.2, 0) is 0 Å². The Bertz CT molecular complexity index is 360. The van der Waals surface area contributed by atoms with Crippen LogP contribution in [0.1, 0.15) is 12.0 Å². The van der Waals surface area contributed by atoms with Crippen molar-refractivity contribution in [2.24, 2.45) is 5.73 Å². The lowest BCUT2D eigenvalue weighted by molar-refractivity contribution is 0.292. The van der Waals surface area contributed by atoms with Crippen molar-refractivity contribution in [2.45, 2.75) is 6.42 Å². The highest BCUT2D eigenvalue weighted by atomic mass is 35.5. The largest absolute Gasteiger partial charge is 0.396 e. The van der Waals surface area contributed by atoms with Gasteiger partial charge < -0.3 is 16.2 Å². The van der Waals surface area contributed by atoms with Crippen molar-refractivity contribution in [3.63, 3.8) is 0 Å². The molecule has 0 aliphatic carbocycles. The Morgan fingerprint density at radius 3 is 2.75 bits per heavy atom. The topological polar surface area (TPSA) is 82.1 Å². The number of halogens is 2. The average molecular weight is 248 g/mol. The Morgan fingerprint density at radius 2 is 2.19 bits per heavy atom. The van der Waals surface area contributed by atoms with Crippen LogP contribution in [0.3, 0.4) is 0 Å². The zero-order valence-electron chi connectivity index (χ0n) is 8.66. The first kappa shape index (κ1) is 14.7. The van der Waals surface area contributed by atoms with Gasteiger partial charge in [-0.05, 0) is 18.6 Å². The summed E-state index contributed by atoms with van der Waals surface area (Å²) in [5.41, 5.74) is 5.84. The third-order valence-electron chi connectivity index (χ3n) is 1.93. The number of amidine groups is 1. The molecular weight excluding hydrogens is 233 g/mol. The Hall–Kier alpha value is -1.33. The number of hydrogen-bond donors (Lipinski definition) is 4. The maximum Gasteiger partial charge on any atom is 0.136 e. The number of nitrogens with one attached hydrogen (secondary N) is 2. The van der Waals surface area contributed by atoms with E-state index in [9.17, 15) is 4.39 Å². The van der Waals surface area contributed by atoms with E-state index in [0.717, 1.165) is 0 Å². The SMILES string of the molecule is Cl.N=C(N)c1c(F)cccc1NCCCO.